The highest BCUT2D eigenvalue weighted by Gasteiger charge is 2.47. The van der Waals surface area contributed by atoms with Crippen LogP contribution in [0.3, 0.4) is 0 Å². The molecule has 7 heteroatoms. The molecular formula is C17H22BrN3O2S. The van der Waals surface area contributed by atoms with Crippen LogP contribution in [0.15, 0.2) is 28.7 Å². The predicted molar refractivity (Wildman–Crippen MR) is 100 cm³/mol. The van der Waals surface area contributed by atoms with Crippen LogP contribution in [0.25, 0.3) is 0 Å². The van der Waals surface area contributed by atoms with E-state index in [9.17, 15) is 9.59 Å². The first-order valence-corrected chi connectivity index (χ1v) is 10.1. The molecule has 2 aliphatic rings. The molecule has 5 nitrogen and oxygen atoms in total. The van der Waals surface area contributed by atoms with Crippen LogP contribution in [0, 0.1) is 0 Å². The smallest absolute Gasteiger partial charge is 0.317 e. The van der Waals surface area contributed by atoms with Crippen LogP contribution in [0.1, 0.15) is 30.1 Å². The maximum atomic E-state index is 13.0. The molecule has 1 N–H and O–H groups in total. The minimum atomic E-state index is -0.160. The Morgan fingerprint density at radius 1 is 1.21 bits per heavy atom. The second-order valence-corrected chi connectivity index (χ2v) is 8.45. The number of hydrogen-bond acceptors (Lipinski definition) is 3. The first kappa shape index (κ1) is 17.6. The third-order valence-electron chi connectivity index (χ3n) is 4.67. The molecule has 2 saturated heterocycles. The van der Waals surface area contributed by atoms with Gasteiger partial charge in [0.1, 0.15) is 0 Å². The molecule has 2 heterocycles. The van der Waals surface area contributed by atoms with Crippen molar-refractivity contribution in [1.29, 1.82) is 0 Å². The number of nitrogens with zero attached hydrogens (tertiary/aromatic N) is 2. The van der Waals surface area contributed by atoms with Gasteiger partial charge in [0.15, 0.2) is 0 Å². The lowest BCUT2D eigenvalue weighted by Crippen LogP contribution is -2.55. The Morgan fingerprint density at radius 3 is 2.50 bits per heavy atom. The Bertz CT molecular complexity index is 615. The molecule has 0 unspecified atom stereocenters. The van der Waals surface area contributed by atoms with Crippen molar-refractivity contribution < 1.29 is 9.59 Å². The van der Waals surface area contributed by atoms with E-state index < -0.39 is 0 Å². The molecule has 130 valence electrons. The number of benzene rings is 1. The van der Waals surface area contributed by atoms with Crippen LogP contribution in [-0.4, -0.2) is 58.5 Å². The number of piperidine rings is 1. The van der Waals surface area contributed by atoms with E-state index >= 15 is 0 Å². The summed E-state index contributed by atoms with van der Waals surface area (Å²) in [5.41, 5.74) is 0.728. The third-order valence-corrected chi connectivity index (χ3v) is 6.76. The van der Waals surface area contributed by atoms with Crippen LogP contribution in [0.2, 0.25) is 0 Å². The van der Waals surface area contributed by atoms with Crippen molar-refractivity contribution in [2.24, 2.45) is 0 Å². The van der Waals surface area contributed by atoms with Crippen LogP contribution < -0.4 is 5.32 Å². The van der Waals surface area contributed by atoms with E-state index in [-0.39, 0.29) is 16.8 Å². The van der Waals surface area contributed by atoms with Gasteiger partial charge in [0.05, 0.1) is 4.87 Å². The van der Waals surface area contributed by atoms with Gasteiger partial charge in [0.2, 0.25) is 0 Å². The Labute approximate surface area is 155 Å². The summed E-state index contributed by atoms with van der Waals surface area (Å²) in [6.07, 6.45) is 1.66. The molecule has 3 amide bonds. The number of rotatable bonds is 2. The molecular weight excluding hydrogens is 390 g/mol. The predicted octanol–water partition coefficient (Wildman–Crippen LogP) is 3.16. The topological polar surface area (TPSA) is 52.7 Å². The molecule has 1 aromatic rings. The van der Waals surface area contributed by atoms with Gasteiger partial charge in [0, 0.05) is 42.0 Å². The molecule has 0 radical (unpaired) electrons. The summed E-state index contributed by atoms with van der Waals surface area (Å²) in [5, 5.41) is 2.85. The van der Waals surface area contributed by atoms with Gasteiger partial charge < -0.3 is 15.1 Å². The molecule has 0 aliphatic carbocycles. The number of carbonyl (C=O) groups is 2. The molecule has 3 rings (SSSR count). The van der Waals surface area contributed by atoms with E-state index in [1.807, 2.05) is 52.8 Å². The van der Waals surface area contributed by atoms with Crippen molar-refractivity contribution in [3.8, 4) is 0 Å². The number of carbonyl (C=O) groups excluding carboxylic acids is 2. The summed E-state index contributed by atoms with van der Waals surface area (Å²) >= 11 is 5.27. The van der Waals surface area contributed by atoms with Crippen LogP contribution in [-0.2, 0) is 0 Å². The van der Waals surface area contributed by atoms with Crippen molar-refractivity contribution in [2.75, 3.05) is 31.9 Å². The maximum absolute atomic E-state index is 13.0. The molecule has 0 saturated carbocycles. The molecule has 2 fully saturated rings. The zero-order chi connectivity index (χ0) is 17.2. The standard InChI is InChI=1S/C17H22BrN3O2S/c1-2-19-16(23)20-9-7-17(8-10-20)21(11-12-24-17)15(22)13-3-5-14(18)6-4-13/h3-6H,2,7-12H2,1H3,(H,19,23). The van der Waals surface area contributed by atoms with Crippen molar-refractivity contribution in [3.63, 3.8) is 0 Å². The van der Waals surface area contributed by atoms with Gasteiger partial charge in [-0.1, -0.05) is 15.9 Å². The number of urea groups is 1. The zero-order valence-corrected chi connectivity index (χ0v) is 16.2. The highest BCUT2D eigenvalue weighted by Crippen LogP contribution is 2.44. The molecule has 0 atom stereocenters. The van der Waals surface area contributed by atoms with E-state index in [2.05, 4.69) is 21.2 Å². The van der Waals surface area contributed by atoms with Gasteiger partial charge in [-0.3, -0.25) is 4.79 Å². The van der Waals surface area contributed by atoms with Crippen LogP contribution >= 0.6 is 27.7 Å². The summed E-state index contributed by atoms with van der Waals surface area (Å²) in [7, 11) is 0. The van der Waals surface area contributed by atoms with E-state index in [1.165, 1.54) is 0 Å². The normalized spacial score (nSPS) is 19.6. The fourth-order valence-electron chi connectivity index (χ4n) is 3.38. The lowest BCUT2D eigenvalue weighted by Gasteiger charge is -2.44. The van der Waals surface area contributed by atoms with Gasteiger partial charge in [-0.25, -0.2) is 4.79 Å². The number of thioether (sulfide) groups is 1. The second kappa shape index (κ2) is 7.35. The molecule has 24 heavy (non-hydrogen) atoms. The lowest BCUT2D eigenvalue weighted by molar-refractivity contribution is 0.0581. The average Bonchev–Trinajstić information content (AvgIpc) is 2.99. The fourth-order valence-corrected chi connectivity index (χ4v) is 5.10. The number of halogens is 1. The third kappa shape index (κ3) is 3.42. The summed E-state index contributed by atoms with van der Waals surface area (Å²) in [5.74, 6) is 1.06. The van der Waals surface area contributed by atoms with Crippen molar-refractivity contribution in [3.05, 3.63) is 34.3 Å². The Hall–Kier alpha value is -1.21. The van der Waals surface area contributed by atoms with Gasteiger partial charge in [-0.05, 0) is 44.0 Å². The highest BCUT2D eigenvalue weighted by molar-refractivity contribution is 9.10. The monoisotopic (exact) mass is 411 g/mol. The molecule has 0 aromatic heterocycles. The zero-order valence-electron chi connectivity index (χ0n) is 13.8. The fraction of sp³-hybridized carbons (Fsp3) is 0.529. The van der Waals surface area contributed by atoms with Crippen molar-refractivity contribution in [2.45, 2.75) is 24.6 Å². The van der Waals surface area contributed by atoms with E-state index in [0.717, 1.165) is 35.2 Å². The van der Waals surface area contributed by atoms with Crippen molar-refractivity contribution >= 4 is 39.6 Å². The van der Waals surface area contributed by atoms with Gasteiger partial charge in [0.25, 0.3) is 5.91 Å². The Morgan fingerprint density at radius 2 is 1.88 bits per heavy atom. The average molecular weight is 412 g/mol. The lowest BCUT2D eigenvalue weighted by atomic mass is 10.0. The quantitative estimate of drug-likeness (QED) is 0.812. The number of hydrogen-bond donors (Lipinski definition) is 1. The van der Waals surface area contributed by atoms with E-state index in [1.54, 1.807) is 0 Å². The summed E-state index contributed by atoms with van der Waals surface area (Å²) < 4.78 is 0.972. The number of amides is 3. The van der Waals surface area contributed by atoms with Crippen molar-refractivity contribution in [1.82, 2.24) is 15.1 Å². The Balaban J connectivity index is 1.70. The minimum absolute atomic E-state index is 0.00105. The first-order chi connectivity index (χ1) is 11.6. The van der Waals surface area contributed by atoms with Crippen LogP contribution in [0.4, 0.5) is 4.79 Å². The van der Waals surface area contributed by atoms with Crippen LogP contribution in [0.5, 0.6) is 0 Å². The maximum Gasteiger partial charge on any atom is 0.317 e. The second-order valence-electron chi connectivity index (χ2n) is 6.08. The highest BCUT2D eigenvalue weighted by atomic mass is 79.9. The van der Waals surface area contributed by atoms with Gasteiger partial charge in [-0.2, -0.15) is 0 Å². The van der Waals surface area contributed by atoms with Gasteiger partial charge in [-0.15, -0.1) is 11.8 Å². The summed E-state index contributed by atoms with van der Waals surface area (Å²) in [6, 6.07) is 7.54. The summed E-state index contributed by atoms with van der Waals surface area (Å²) in [4.78, 5) is 28.7. The first-order valence-electron chi connectivity index (χ1n) is 8.30. The van der Waals surface area contributed by atoms with E-state index in [0.29, 0.717) is 19.6 Å². The largest absolute Gasteiger partial charge is 0.338 e. The molecule has 2 aliphatic heterocycles. The minimum Gasteiger partial charge on any atom is -0.338 e. The Kier molecular flexibility index (Phi) is 5.39. The number of nitrogens with one attached hydrogen (secondary N) is 1. The molecule has 1 aromatic carbocycles. The SMILES string of the molecule is CCNC(=O)N1CCC2(CC1)SCCN2C(=O)c1ccc(Br)cc1. The number of likely N-dealkylation sites (tertiary alicyclic amines) is 1. The molecule has 1 spiro atoms. The van der Waals surface area contributed by atoms with E-state index in [4.69, 9.17) is 0 Å². The molecule has 0 bridgehead atoms. The van der Waals surface area contributed by atoms with Gasteiger partial charge >= 0.3 is 6.03 Å². The summed E-state index contributed by atoms with van der Waals surface area (Å²) in [6.45, 7) is 4.74.